The molecule has 11 nitrogen and oxygen atoms in total. The van der Waals surface area contributed by atoms with Crippen LogP contribution in [0.4, 0.5) is 0 Å². The summed E-state index contributed by atoms with van der Waals surface area (Å²) in [7, 11) is 4.30. The SMILES string of the molecule is COC(=O)[C@@H]1CCCN1C1=C(c2c(CCCCCc3[nH]c4ccccc4c3C3=C(Br)C(=O)N(C)C3=O)[nH]c3ccccc23)C(=O)N(C)C1=O. The van der Waals surface area contributed by atoms with Crippen molar-refractivity contribution in [2.24, 2.45) is 0 Å². The number of hydrogen-bond acceptors (Lipinski definition) is 7. The second-order valence-electron chi connectivity index (χ2n) is 12.7. The summed E-state index contributed by atoms with van der Waals surface area (Å²) in [6, 6.07) is 14.9. The number of rotatable bonds is 10. The minimum Gasteiger partial charge on any atom is -0.467 e. The highest BCUT2D eigenvalue weighted by atomic mass is 79.9. The van der Waals surface area contributed by atoms with Gasteiger partial charge in [0.1, 0.15) is 11.7 Å². The molecule has 5 heterocycles. The fourth-order valence-electron chi connectivity index (χ4n) is 7.48. The van der Waals surface area contributed by atoms with Gasteiger partial charge in [-0.1, -0.05) is 42.8 Å². The van der Waals surface area contributed by atoms with E-state index in [9.17, 15) is 24.0 Å². The molecule has 0 unspecified atom stereocenters. The van der Waals surface area contributed by atoms with Crippen LogP contribution in [0.2, 0.25) is 0 Å². The molecule has 0 saturated carbocycles. The maximum atomic E-state index is 13.8. The number of para-hydroxylation sites is 2. The number of aromatic amines is 2. The van der Waals surface area contributed by atoms with Gasteiger partial charge in [-0.25, -0.2) is 4.79 Å². The number of benzene rings is 2. The molecule has 0 aliphatic carbocycles. The summed E-state index contributed by atoms with van der Waals surface area (Å²) < 4.78 is 5.32. The van der Waals surface area contributed by atoms with Crippen molar-refractivity contribution in [1.82, 2.24) is 24.7 Å². The molecule has 2 aromatic carbocycles. The van der Waals surface area contributed by atoms with E-state index in [4.69, 9.17) is 4.74 Å². The van der Waals surface area contributed by atoms with Crippen molar-refractivity contribution >= 4 is 78.5 Å². The normalized spacial score (nSPS) is 18.5. The van der Waals surface area contributed by atoms with Crippen molar-refractivity contribution in [3.63, 3.8) is 0 Å². The van der Waals surface area contributed by atoms with Crippen molar-refractivity contribution in [3.8, 4) is 0 Å². The molecule has 7 rings (SSSR count). The standard InChI is InChI=1S/C37H36BrN5O6/c1-41-33(44)29(31(38)35(41)46)27-20-12-7-9-14-22(20)39-24(27)16-5-4-6-17-25-28(21-13-8-10-15-23(21)40-25)30-32(36(47)42(2)34(30)45)43-19-11-18-26(43)37(48)49-3/h7-10,12-15,26,39-40H,4-6,11,16-19H2,1-3H3/t26-/m0/s1. The van der Waals surface area contributed by atoms with Gasteiger partial charge in [0.15, 0.2) is 0 Å². The summed E-state index contributed by atoms with van der Waals surface area (Å²) in [5.74, 6) is -1.92. The Kier molecular flexibility index (Phi) is 8.52. The van der Waals surface area contributed by atoms with Crippen LogP contribution in [0.25, 0.3) is 33.0 Å². The number of hydrogen-bond donors (Lipinski definition) is 2. The monoisotopic (exact) mass is 725 g/mol. The van der Waals surface area contributed by atoms with Gasteiger partial charge in [-0.2, -0.15) is 0 Å². The second kappa shape index (κ2) is 12.8. The first-order valence-corrected chi connectivity index (χ1v) is 17.3. The fraction of sp³-hybridized carbons (Fsp3) is 0.324. The maximum Gasteiger partial charge on any atom is 0.328 e. The zero-order valence-corrected chi connectivity index (χ0v) is 29.1. The third-order valence-electron chi connectivity index (χ3n) is 9.93. The largest absolute Gasteiger partial charge is 0.467 e. The van der Waals surface area contributed by atoms with Gasteiger partial charge in [0, 0.05) is 65.0 Å². The molecule has 49 heavy (non-hydrogen) atoms. The Hall–Kier alpha value is -4.97. The van der Waals surface area contributed by atoms with Gasteiger partial charge in [0.25, 0.3) is 23.6 Å². The minimum atomic E-state index is -0.629. The lowest BCUT2D eigenvalue weighted by atomic mass is 9.96. The van der Waals surface area contributed by atoms with Crippen LogP contribution in [-0.2, 0) is 41.6 Å². The van der Waals surface area contributed by atoms with E-state index in [1.54, 1.807) is 4.90 Å². The fourth-order valence-corrected chi connectivity index (χ4v) is 8.11. The number of nitrogens with zero attached hydrogens (tertiary/aromatic N) is 3. The summed E-state index contributed by atoms with van der Waals surface area (Å²) in [4.78, 5) is 76.9. The molecule has 2 N–H and O–H groups in total. The molecule has 3 aliphatic heterocycles. The summed E-state index contributed by atoms with van der Waals surface area (Å²) in [5.41, 5.74) is 5.92. The minimum absolute atomic E-state index is 0.254. The zero-order chi connectivity index (χ0) is 34.6. The summed E-state index contributed by atoms with van der Waals surface area (Å²) >= 11 is 3.38. The molecule has 4 amide bonds. The number of ether oxygens (including phenoxy) is 1. The Morgan fingerprint density at radius 2 is 1.31 bits per heavy atom. The molecule has 0 radical (unpaired) electrons. The number of imide groups is 2. The van der Waals surface area contributed by atoms with E-state index < -0.39 is 17.9 Å². The first kappa shape index (κ1) is 32.6. The highest BCUT2D eigenvalue weighted by molar-refractivity contribution is 9.12. The molecule has 3 aliphatic rings. The van der Waals surface area contributed by atoms with E-state index in [2.05, 4.69) is 25.9 Å². The summed E-state index contributed by atoms with van der Waals surface area (Å²) in [5, 5.41) is 1.73. The molecule has 4 aromatic rings. The quantitative estimate of drug-likeness (QED) is 0.133. The van der Waals surface area contributed by atoms with Crippen molar-refractivity contribution in [1.29, 1.82) is 0 Å². The van der Waals surface area contributed by atoms with Gasteiger partial charge in [-0.3, -0.25) is 29.0 Å². The van der Waals surface area contributed by atoms with Crippen LogP contribution in [0.5, 0.6) is 0 Å². The van der Waals surface area contributed by atoms with E-state index in [0.717, 1.165) is 67.8 Å². The molecule has 1 saturated heterocycles. The number of likely N-dealkylation sites (N-methyl/N-ethyl adjacent to an activating group) is 2. The van der Waals surface area contributed by atoms with E-state index in [1.165, 1.54) is 21.2 Å². The van der Waals surface area contributed by atoms with Gasteiger partial charge >= 0.3 is 5.97 Å². The predicted molar refractivity (Wildman–Crippen MR) is 188 cm³/mol. The number of likely N-dealkylation sites (tertiary alicyclic amines) is 1. The lowest BCUT2D eigenvalue weighted by Gasteiger charge is -2.25. The zero-order valence-electron chi connectivity index (χ0n) is 27.5. The van der Waals surface area contributed by atoms with Gasteiger partial charge in [0.2, 0.25) is 0 Å². The van der Waals surface area contributed by atoms with Gasteiger partial charge in [-0.05, 0) is 66.6 Å². The van der Waals surface area contributed by atoms with Crippen LogP contribution in [-0.4, -0.2) is 88.1 Å². The van der Waals surface area contributed by atoms with E-state index in [-0.39, 0.29) is 27.9 Å². The number of amides is 4. The number of unbranched alkanes of at least 4 members (excludes halogenated alkanes) is 2. The topological polar surface area (TPSA) is 136 Å². The number of methoxy groups -OCH3 is 1. The van der Waals surface area contributed by atoms with E-state index >= 15 is 0 Å². The van der Waals surface area contributed by atoms with Crippen molar-refractivity contribution in [3.05, 3.63) is 81.2 Å². The molecule has 1 fully saturated rings. The number of carbonyl (C=O) groups is 5. The molecule has 0 spiro atoms. The molecule has 1 atom stereocenters. The van der Waals surface area contributed by atoms with Crippen molar-refractivity contribution < 1.29 is 28.7 Å². The first-order valence-electron chi connectivity index (χ1n) is 16.5. The Bertz CT molecular complexity index is 2140. The Morgan fingerprint density at radius 1 is 0.776 bits per heavy atom. The Labute approximate surface area is 291 Å². The Morgan fingerprint density at radius 3 is 1.86 bits per heavy atom. The number of esters is 1. The number of nitrogens with one attached hydrogen (secondary N) is 2. The third-order valence-corrected chi connectivity index (χ3v) is 10.7. The number of halogens is 1. The smallest absolute Gasteiger partial charge is 0.328 e. The van der Waals surface area contributed by atoms with Crippen LogP contribution in [0.3, 0.4) is 0 Å². The third kappa shape index (κ3) is 5.29. The number of fused-ring (bicyclic) bond motifs is 2. The van der Waals surface area contributed by atoms with E-state index in [1.807, 2.05) is 48.5 Å². The van der Waals surface area contributed by atoms with E-state index in [0.29, 0.717) is 48.9 Å². The number of aromatic nitrogens is 2. The lowest BCUT2D eigenvalue weighted by Crippen LogP contribution is -2.39. The van der Waals surface area contributed by atoms with Crippen LogP contribution >= 0.6 is 15.9 Å². The van der Waals surface area contributed by atoms with Crippen LogP contribution in [0.1, 0.15) is 54.6 Å². The first-order chi connectivity index (χ1) is 23.6. The van der Waals surface area contributed by atoms with Crippen LogP contribution in [0.15, 0.2) is 58.7 Å². The summed E-state index contributed by atoms with van der Waals surface area (Å²) in [6.07, 6.45) is 4.97. The van der Waals surface area contributed by atoms with Crippen molar-refractivity contribution in [2.45, 2.75) is 51.0 Å². The van der Waals surface area contributed by atoms with Crippen LogP contribution < -0.4 is 0 Å². The van der Waals surface area contributed by atoms with Gasteiger partial charge < -0.3 is 19.6 Å². The summed E-state index contributed by atoms with van der Waals surface area (Å²) in [6.45, 7) is 0.475. The molecular weight excluding hydrogens is 690 g/mol. The molecule has 12 heteroatoms. The second-order valence-corrected chi connectivity index (χ2v) is 13.5. The average Bonchev–Trinajstić information content (AvgIpc) is 3.90. The van der Waals surface area contributed by atoms with Crippen molar-refractivity contribution in [2.75, 3.05) is 27.7 Å². The average molecular weight is 727 g/mol. The Balaban J connectivity index is 1.16. The van der Waals surface area contributed by atoms with Crippen LogP contribution in [0, 0.1) is 0 Å². The number of carbonyl (C=O) groups excluding carboxylic acids is 5. The molecular formula is C37H36BrN5O6. The lowest BCUT2D eigenvalue weighted by molar-refractivity contribution is -0.145. The highest BCUT2D eigenvalue weighted by Gasteiger charge is 2.46. The number of H-pyrrole nitrogens is 2. The molecule has 2 aromatic heterocycles. The molecule has 0 bridgehead atoms. The van der Waals surface area contributed by atoms with Gasteiger partial charge in [0.05, 0.1) is 22.7 Å². The molecule has 252 valence electrons. The van der Waals surface area contributed by atoms with Gasteiger partial charge in [-0.15, -0.1) is 0 Å². The maximum absolute atomic E-state index is 13.8. The number of aryl methyl sites for hydroxylation is 2. The predicted octanol–water partition coefficient (Wildman–Crippen LogP) is 5.06. The highest BCUT2D eigenvalue weighted by Crippen LogP contribution is 2.41.